The van der Waals surface area contributed by atoms with Gasteiger partial charge in [0.2, 0.25) is 5.76 Å². The molecule has 0 aliphatic rings. The van der Waals surface area contributed by atoms with Gasteiger partial charge in [0.25, 0.3) is 0 Å². The van der Waals surface area contributed by atoms with Gasteiger partial charge in [-0.3, -0.25) is 19.6 Å². The summed E-state index contributed by atoms with van der Waals surface area (Å²) in [6.45, 7) is -0.612. The molecule has 0 fully saturated rings. The fraction of sp³-hybridized carbons (Fsp3) is 0.130. The molecule has 0 bridgehead atoms. The fourth-order valence-electron chi connectivity index (χ4n) is 3.29. The third-order valence-electron chi connectivity index (χ3n) is 4.83. The highest BCUT2D eigenvalue weighted by Crippen LogP contribution is 2.25. The van der Waals surface area contributed by atoms with Crippen LogP contribution in [0.15, 0.2) is 67.0 Å². The van der Waals surface area contributed by atoms with E-state index in [1.807, 2.05) is 0 Å². The van der Waals surface area contributed by atoms with Crippen molar-refractivity contribution >= 4 is 33.8 Å². The number of hydrogen-bond acceptors (Lipinski definition) is 10. The van der Waals surface area contributed by atoms with Crippen molar-refractivity contribution in [1.82, 2.24) is 5.48 Å². The molecule has 0 spiro atoms. The number of carboxylic acid groups (broad SMARTS) is 1. The lowest BCUT2D eigenvalue weighted by Gasteiger charge is -2.15. The van der Waals surface area contributed by atoms with Gasteiger partial charge in [-0.05, 0) is 24.3 Å². The first-order valence-electron chi connectivity index (χ1n) is 10.0. The van der Waals surface area contributed by atoms with Gasteiger partial charge in [0.1, 0.15) is 52.8 Å². The summed E-state index contributed by atoms with van der Waals surface area (Å²) >= 11 is 0. The number of carboxylic acids is 1. The Morgan fingerprint density at radius 1 is 0.857 bits per heavy atom. The van der Waals surface area contributed by atoms with Crippen molar-refractivity contribution in [3.63, 3.8) is 0 Å². The van der Waals surface area contributed by atoms with Crippen molar-refractivity contribution in [3.8, 4) is 11.5 Å². The molecule has 1 amide bonds. The van der Waals surface area contributed by atoms with E-state index in [9.17, 15) is 24.3 Å². The van der Waals surface area contributed by atoms with E-state index in [1.165, 1.54) is 41.9 Å². The number of ether oxygens (including phenoxy) is 2. The Kier molecular flexibility index (Phi) is 6.48. The molecule has 180 valence electrons. The van der Waals surface area contributed by atoms with Crippen LogP contribution in [0.4, 0.5) is 0 Å². The molecule has 2 heterocycles. The molecule has 12 heteroatoms. The molecule has 35 heavy (non-hydrogen) atoms. The monoisotopic (exact) mass is 483 g/mol. The van der Waals surface area contributed by atoms with E-state index in [0.717, 1.165) is 12.1 Å². The van der Waals surface area contributed by atoms with Gasteiger partial charge in [0.15, 0.2) is 16.6 Å². The smallest absolute Gasteiger partial charge is 0.371 e. The maximum atomic E-state index is 12.5. The van der Waals surface area contributed by atoms with Crippen LogP contribution in [0.2, 0.25) is 0 Å². The molecule has 1 unspecified atom stereocenters. The van der Waals surface area contributed by atoms with Crippen molar-refractivity contribution in [2.24, 2.45) is 0 Å². The van der Waals surface area contributed by atoms with Gasteiger partial charge in [-0.1, -0.05) is 12.1 Å². The molecule has 1 atom stereocenters. The van der Waals surface area contributed by atoms with Crippen LogP contribution in [-0.2, 0) is 0 Å². The van der Waals surface area contributed by atoms with Crippen LogP contribution in [0, 0.1) is 0 Å². The Bertz CT molecular complexity index is 1550. The summed E-state index contributed by atoms with van der Waals surface area (Å²) in [7, 11) is 0. The number of amides is 1. The highest BCUT2D eigenvalue weighted by Gasteiger charge is 2.17. The predicted octanol–water partition coefficient (Wildman–Crippen LogP) is 1.54. The number of aliphatic hydroxyl groups is 1. The summed E-state index contributed by atoms with van der Waals surface area (Å²) in [4.78, 5) is 47.4. The Hall–Kier alpha value is -4.68. The third-order valence-corrected chi connectivity index (χ3v) is 4.83. The first-order valence-corrected chi connectivity index (χ1v) is 10.0. The molecule has 4 rings (SSSR count). The van der Waals surface area contributed by atoms with Crippen molar-refractivity contribution in [1.29, 1.82) is 0 Å². The van der Waals surface area contributed by atoms with Gasteiger partial charge >= 0.3 is 11.9 Å². The number of rotatable bonds is 8. The number of carbonyl (C=O) groups excluding carboxylic acids is 1. The average Bonchev–Trinajstić information content (AvgIpc) is 2.85. The minimum absolute atomic E-state index is 0.00914. The number of nitrogens with one attached hydrogen (secondary N) is 1. The van der Waals surface area contributed by atoms with Crippen LogP contribution < -0.4 is 25.8 Å². The second-order valence-corrected chi connectivity index (χ2v) is 7.23. The number of hydrogen-bond donors (Lipinski definition) is 4. The zero-order chi connectivity index (χ0) is 25.1. The van der Waals surface area contributed by atoms with Crippen LogP contribution >= 0.6 is 0 Å². The molecule has 2 aromatic carbocycles. The second kappa shape index (κ2) is 9.67. The lowest BCUT2D eigenvalue weighted by molar-refractivity contribution is 0.0636. The zero-order valence-corrected chi connectivity index (χ0v) is 17.7. The number of aliphatic hydroxyl groups excluding tert-OH is 1. The number of hydroxylamine groups is 1. The Morgan fingerprint density at radius 3 is 1.83 bits per heavy atom. The highest BCUT2D eigenvalue weighted by molar-refractivity contribution is 5.93. The van der Waals surface area contributed by atoms with Crippen molar-refractivity contribution in [3.05, 3.63) is 80.5 Å². The summed E-state index contributed by atoms with van der Waals surface area (Å²) in [5.74, 6) is -3.14. The van der Waals surface area contributed by atoms with Crippen LogP contribution in [0.25, 0.3) is 21.9 Å². The molecule has 4 N–H and O–H groups in total. The number of benzene rings is 2. The Morgan fingerprint density at radius 2 is 1.34 bits per heavy atom. The first-order chi connectivity index (χ1) is 16.8. The number of fused-ring (bicyclic) bond motifs is 2. The molecular formula is C23H17NO11. The summed E-state index contributed by atoms with van der Waals surface area (Å²) < 4.78 is 21.6. The molecule has 0 aliphatic heterocycles. The lowest BCUT2D eigenvalue weighted by atomic mass is 10.2. The van der Waals surface area contributed by atoms with E-state index < -0.39 is 40.4 Å². The molecule has 0 saturated heterocycles. The minimum atomic E-state index is -1.39. The second-order valence-electron chi connectivity index (χ2n) is 7.23. The molecule has 2 aromatic heterocycles. The van der Waals surface area contributed by atoms with Crippen molar-refractivity contribution < 1.29 is 43.3 Å². The van der Waals surface area contributed by atoms with E-state index in [2.05, 4.69) is 0 Å². The SMILES string of the molecule is O=C(O)c1cc(=O)c2c(OCC(O)COc3cccc4oc(C(=O)NO)cc(=O)c34)cccc2o1. The molecule has 0 saturated carbocycles. The van der Waals surface area contributed by atoms with E-state index in [0.29, 0.717) is 0 Å². The molecule has 12 nitrogen and oxygen atoms in total. The van der Waals surface area contributed by atoms with Gasteiger partial charge in [-0.2, -0.15) is 0 Å². The topological polar surface area (TPSA) is 186 Å². The fourth-order valence-corrected chi connectivity index (χ4v) is 3.29. The summed E-state index contributed by atoms with van der Waals surface area (Å²) in [6, 6.07) is 10.5. The largest absolute Gasteiger partial charge is 0.490 e. The number of carbonyl (C=O) groups is 2. The molecule has 0 radical (unpaired) electrons. The van der Waals surface area contributed by atoms with Gasteiger partial charge in [0.05, 0.1) is 0 Å². The highest BCUT2D eigenvalue weighted by atomic mass is 16.5. The van der Waals surface area contributed by atoms with E-state index in [4.69, 9.17) is 28.6 Å². The van der Waals surface area contributed by atoms with Crippen LogP contribution in [0.3, 0.4) is 0 Å². The normalized spacial score (nSPS) is 11.8. The summed E-state index contributed by atoms with van der Waals surface area (Å²) in [5.41, 5.74) is 0.190. The molecule has 0 aliphatic carbocycles. The number of aromatic carboxylic acids is 1. The van der Waals surface area contributed by atoms with E-state index >= 15 is 0 Å². The van der Waals surface area contributed by atoms with Gasteiger partial charge < -0.3 is 28.5 Å². The maximum absolute atomic E-state index is 12.5. The quantitative estimate of drug-likeness (QED) is 0.210. The lowest BCUT2D eigenvalue weighted by Crippen LogP contribution is -2.25. The van der Waals surface area contributed by atoms with E-state index in [1.54, 1.807) is 0 Å². The summed E-state index contributed by atoms with van der Waals surface area (Å²) in [6.07, 6.45) is -1.20. The van der Waals surface area contributed by atoms with Crippen LogP contribution in [-0.4, -0.2) is 46.6 Å². The van der Waals surface area contributed by atoms with Gasteiger partial charge in [0, 0.05) is 12.1 Å². The van der Waals surface area contributed by atoms with Crippen molar-refractivity contribution in [2.45, 2.75) is 6.10 Å². The molecule has 4 aromatic rings. The standard InChI is InChI=1S/C23H17NO11/c25-11(10-33-15-4-2-6-17-21(15)13(27)8-19(35-17)23(29)30)9-32-14-3-1-5-16-20(14)12(26)7-18(34-16)22(28)24-31/h1-8,11,25,31H,9-10H2,(H,24,28)(H,29,30). The molecular weight excluding hydrogens is 466 g/mol. The maximum Gasteiger partial charge on any atom is 0.371 e. The Labute approximate surface area is 194 Å². The van der Waals surface area contributed by atoms with Gasteiger partial charge in [-0.15, -0.1) is 0 Å². The van der Waals surface area contributed by atoms with Crippen LogP contribution in [0.1, 0.15) is 21.1 Å². The van der Waals surface area contributed by atoms with Crippen molar-refractivity contribution in [2.75, 3.05) is 13.2 Å². The Balaban J connectivity index is 1.49. The zero-order valence-electron chi connectivity index (χ0n) is 17.7. The minimum Gasteiger partial charge on any atom is -0.490 e. The van der Waals surface area contributed by atoms with E-state index in [-0.39, 0.29) is 46.7 Å². The third kappa shape index (κ3) is 4.83. The first kappa shape index (κ1) is 23.5. The predicted molar refractivity (Wildman–Crippen MR) is 118 cm³/mol. The van der Waals surface area contributed by atoms with Crippen LogP contribution in [0.5, 0.6) is 11.5 Å². The average molecular weight is 483 g/mol. The summed E-state index contributed by atoms with van der Waals surface area (Å²) in [5, 5.41) is 28.1. The van der Waals surface area contributed by atoms with Gasteiger partial charge in [-0.25, -0.2) is 10.3 Å².